The maximum Gasteiger partial charge on any atom is -0.00464 e. The molecule has 0 saturated carbocycles. The fraction of sp³-hybridized carbons (Fsp3) is 1.00. The number of piperidine rings is 1. The molecule has 1 N–H and O–H groups in total. The summed E-state index contributed by atoms with van der Waals surface area (Å²) in [6, 6.07) is 0. The first kappa shape index (κ1) is 17.9. The van der Waals surface area contributed by atoms with Crippen molar-refractivity contribution in [2.45, 2.75) is 54.9 Å². The van der Waals surface area contributed by atoms with Crippen molar-refractivity contribution >= 4 is 0 Å². The normalized spacial score (nSPS) is 16.2. The minimum atomic E-state index is 0. The van der Waals surface area contributed by atoms with Gasteiger partial charge in [0.05, 0.1) is 0 Å². The van der Waals surface area contributed by atoms with Crippen LogP contribution >= 0.6 is 0 Å². The van der Waals surface area contributed by atoms with E-state index in [-0.39, 0.29) is 14.9 Å². The quantitative estimate of drug-likeness (QED) is 0.592. The first-order valence-electron chi connectivity index (χ1n) is 4.52. The van der Waals surface area contributed by atoms with E-state index in [1.165, 1.54) is 32.4 Å². The third kappa shape index (κ3) is 12.6. The minimum absolute atomic E-state index is 0. The first-order valence-corrected chi connectivity index (χ1v) is 4.52. The predicted octanol–water partition coefficient (Wildman–Crippen LogP) is 3.69. The van der Waals surface area contributed by atoms with Gasteiger partial charge in [0.25, 0.3) is 0 Å². The summed E-state index contributed by atoms with van der Waals surface area (Å²) >= 11 is 0. The Morgan fingerprint density at radius 3 is 1.58 bits per heavy atom. The fourth-order valence-electron chi connectivity index (χ4n) is 0.966. The van der Waals surface area contributed by atoms with E-state index < -0.39 is 0 Å². The number of rotatable bonds is 0. The van der Waals surface area contributed by atoms with Crippen molar-refractivity contribution < 1.29 is 0 Å². The highest BCUT2D eigenvalue weighted by Crippen LogP contribution is 2.08. The standard InChI is InChI=1S/C6H13N.C3H8.2CH4/c1-6-2-4-7-5-3-6;1-3-2;;/h6-7H,2-5H2,1H3;3H2,1-2H3;2*1H4. The largest absolute Gasteiger partial charge is 0.317 e. The van der Waals surface area contributed by atoms with Crippen LogP contribution in [0.15, 0.2) is 0 Å². The molecule has 0 aromatic heterocycles. The summed E-state index contributed by atoms with van der Waals surface area (Å²) in [5.41, 5.74) is 0. The molecule has 78 valence electrons. The highest BCUT2D eigenvalue weighted by atomic mass is 14.9. The molecule has 1 aliphatic rings. The number of hydrogen-bond donors (Lipinski definition) is 1. The van der Waals surface area contributed by atoms with Gasteiger partial charge >= 0.3 is 0 Å². The van der Waals surface area contributed by atoms with Crippen molar-refractivity contribution in [2.24, 2.45) is 5.92 Å². The van der Waals surface area contributed by atoms with Gasteiger partial charge in [0, 0.05) is 0 Å². The first-order chi connectivity index (χ1) is 4.81. The van der Waals surface area contributed by atoms with Crippen molar-refractivity contribution in [1.29, 1.82) is 0 Å². The van der Waals surface area contributed by atoms with E-state index in [0.717, 1.165) is 5.92 Å². The summed E-state index contributed by atoms with van der Waals surface area (Å²) in [4.78, 5) is 0. The molecule has 1 heterocycles. The lowest BCUT2D eigenvalue weighted by Gasteiger charge is -2.17. The topological polar surface area (TPSA) is 12.0 Å². The average molecular weight is 175 g/mol. The molecule has 1 heteroatoms. The van der Waals surface area contributed by atoms with Crippen LogP contribution < -0.4 is 5.32 Å². The summed E-state index contributed by atoms with van der Waals surface area (Å²) in [6.45, 7) is 9.04. The van der Waals surface area contributed by atoms with Gasteiger partial charge in [-0.2, -0.15) is 0 Å². The third-order valence-corrected chi connectivity index (χ3v) is 1.63. The average Bonchev–Trinajstić information content (AvgIpc) is 1.91. The Bertz CT molecular complexity index is 56.0. The van der Waals surface area contributed by atoms with E-state index in [2.05, 4.69) is 26.1 Å². The van der Waals surface area contributed by atoms with Crippen molar-refractivity contribution in [3.05, 3.63) is 0 Å². The summed E-state index contributed by atoms with van der Waals surface area (Å²) in [7, 11) is 0. The molecule has 0 atom stereocenters. The molecule has 12 heavy (non-hydrogen) atoms. The van der Waals surface area contributed by atoms with Crippen LogP contribution in [0.5, 0.6) is 0 Å². The van der Waals surface area contributed by atoms with Crippen LogP contribution in [0.25, 0.3) is 0 Å². The zero-order valence-electron chi connectivity index (χ0n) is 7.61. The second-order valence-electron chi connectivity index (χ2n) is 3.14. The minimum Gasteiger partial charge on any atom is -0.317 e. The highest BCUT2D eigenvalue weighted by molar-refractivity contribution is 4.62. The number of nitrogens with one attached hydrogen (secondary N) is 1. The Kier molecular flexibility index (Phi) is 20.2. The summed E-state index contributed by atoms with van der Waals surface area (Å²) in [6.07, 6.45) is 4.00. The monoisotopic (exact) mass is 175 g/mol. The van der Waals surface area contributed by atoms with Crippen LogP contribution in [-0.2, 0) is 0 Å². The van der Waals surface area contributed by atoms with Gasteiger partial charge in [-0.15, -0.1) is 0 Å². The molecular weight excluding hydrogens is 146 g/mol. The number of hydrogen-bond acceptors (Lipinski definition) is 1. The van der Waals surface area contributed by atoms with Gasteiger partial charge in [-0.3, -0.25) is 0 Å². The van der Waals surface area contributed by atoms with E-state index in [9.17, 15) is 0 Å². The molecule has 1 aliphatic heterocycles. The van der Waals surface area contributed by atoms with Crippen molar-refractivity contribution in [3.63, 3.8) is 0 Å². The zero-order valence-corrected chi connectivity index (χ0v) is 7.61. The molecule has 0 radical (unpaired) electrons. The Balaban J connectivity index is -0.000000146. The highest BCUT2D eigenvalue weighted by Gasteiger charge is 2.04. The summed E-state index contributed by atoms with van der Waals surface area (Å²) in [5, 5.41) is 3.32. The Morgan fingerprint density at radius 2 is 1.42 bits per heavy atom. The van der Waals surface area contributed by atoms with Crippen molar-refractivity contribution in [2.75, 3.05) is 13.1 Å². The van der Waals surface area contributed by atoms with Crippen molar-refractivity contribution in [1.82, 2.24) is 5.32 Å². The van der Waals surface area contributed by atoms with Gasteiger partial charge in [0.1, 0.15) is 0 Å². The molecule has 1 rings (SSSR count). The maximum absolute atomic E-state index is 3.32. The van der Waals surface area contributed by atoms with E-state index in [4.69, 9.17) is 0 Å². The van der Waals surface area contributed by atoms with Gasteiger partial charge in [-0.1, -0.05) is 42.0 Å². The second kappa shape index (κ2) is 13.5. The van der Waals surface area contributed by atoms with E-state index in [1.54, 1.807) is 0 Å². The lowest BCUT2D eigenvalue weighted by molar-refractivity contribution is 0.402. The zero-order chi connectivity index (χ0) is 7.82. The van der Waals surface area contributed by atoms with E-state index >= 15 is 0 Å². The SMILES string of the molecule is C.C.CC1CCNCC1.CCC. The smallest absolute Gasteiger partial charge is 0.00464 e. The summed E-state index contributed by atoms with van der Waals surface area (Å²) < 4.78 is 0. The van der Waals surface area contributed by atoms with E-state index in [1.807, 2.05) is 0 Å². The molecule has 0 amide bonds. The lowest BCUT2D eigenvalue weighted by atomic mass is 10.0. The van der Waals surface area contributed by atoms with Crippen molar-refractivity contribution in [3.8, 4) is 0 Å². The molecule has 0 aromatic carbocycles. The molecule has 1 nitrogen and oxygen atoms in total. The van der Waals surface area contributed by atoms with Gasteiger partial charge in [0.2, 0.25) is 0 Å². The van der Waals surface area contributed by atoms with Crippen LogP contribution in [0, 0.1) is 5.92 Å². The molecule has 0 spiro atoms. The van der Waals surface area contributed by atoms with E-state index in [0.29, 0.717) is 0 Å². The molecule has 1 fully saturated rings. The molecule has 0 aliphatic carbocycles. The predicted molar refractivity (Wildman–Crippen MR) is 60.7 cm³/mol. The van der Waals surface area contributed by atoms with Crippen LogP contribution in [0.2, 0.25) is 0 Å². The van der Waals surface area contributed by atoms with Crippen LogP contribution in [0.1, 0.15) is 54.9 Å². The fourth-order valence-corrected chi connectivity index (χ4v) is 0.966. The van der Waals surface area contributed by atoms with Gasteiger partial charge in [0.15, 0.2) is 0 Å². The molecule has 1 saturated heterocycles. The van der Waals surface area contributed by atoms with Crippen LogP contribution in [-0.4, -0.2) is 13.1 Å². The molecule has 0 aromatic rings. The third-order valence-electron chi connectivity index (χ3n) is 1.63. The Hall–Kier alpha value is -0.0400. The van der Waals surface area contributed by atoms with Gasteiger partial charge < -0.3 is 5.32 Å². The van der Waals surface area contributed by atoms with Gasteiger partial charge in [-0.05, 0) is 31.8 Å². The molecule has 0 bridgehead atoms. The molecule has 0 unspecified atom stereocenters. The Morgan fingerprint density at radius 1 is 1.08 bits per heavy atom. The van der Waals surface area contributed by atoms with Crippen LogP contribution in [0.4, 0.5) is 0 Å². The van der Waals surface area contributed by atoms with Gasteiger partial charge in [-0.25, -0.2) is 0 Å². The Labute approximate surface area is 80.0 Å². The maximum atomic E-state index is 3.32. The summed E-state index contributed by atoms with van der Waals surface area (Å²) in [5.74, 6) is 0.973. The molecular formula is C11H29N. The second-order valence-corrected chi connectivity index (χ2v) is 3.14. The lowest BCUT2D eigenvalue weighted by Crippen LogP contribution is -2.26. The van der Waals surface area contributed by atoms with Crippen LogP contribution in [0.3, 0.4) is 0 Å².